The molecule has 0 aliphatic carbocycles. The van der Waals surface area contributed by atoms with Crippen LogP contribution in [0.2, 0.25) is 10.8 Å². The Balaban J connectivity index is 0.00000103. The van der Waals surface area contributed by atoms with Gasteiger partial charge in [0.1, 0.15) is 0 Å². The van der Waals surface area contributed by atoms with E-state index in [0.29, 0.717) is 0 Å². The Kier molecular flexibility index (Phi) is 21.4. The first kappa shape index (κ1) is 41.7. The molecule has 2 nitrogen and oxygen atoms in total. The van der Waals surface area contributed by atoms with Crippen molar-refractivity contribution in [1.29, 1.82) is 0 Å². The number of hydrogen-bond acceptors (Lipinski definition) is 0. The summed E-state index contributed by atoms with van der Waals surface area (Å²) in [5.74, 6) is 0. The van der Waals surface area contributed by atoms with Gasteiger partial charge in [0.05, 0.1) is 0 Å². The first-order chi connectivity index (χ1) is 23.4. The van der Waals surface area contributed by atoms with Gasteiger partial charge >= 0.3 is 51.9 Å². The zero-order valence-corrected chi connectivity index (χ0v) is 33.0. The predicted octanol–water partition coefficient (Wildman–Crippen LogP) is 14.5. The molecule has 3 heteroatoms. The maximum atomic E-state index is 12.2. The van der Waals surface area contributed by atoms with Gasteiger partial charge in [-0.05, 0) is 119 Å². The number of benzene rings is 2. The molecular formula is C45H68N2Ni. The molecule has 0 radical (unpaired) electrons. The first-order valence-corrected chi connectivity index (χ1v) is 20.7. The fraction of sp³-hybridized carbons (Fsp3) is 0.556. The van der Waals surface area contributed by atoms with Crippen molar-refractivity contribution in [3.05, 3.63) is 111 Å². The molecule has 0 unspecified atom stereocenters. The summed E-state index contributed by atoms with van der Waals surface area (Å²) < 4.78 is 1.58. The summed E-state index contributed by atoms with van der Waals surface area (Å²) in [6.07, 6.45) is 25.5. The van der Waals surface area contributed by atoms with Gasteiger partial charge in [-0.3, -0.25) is 0 Å². The normalized spacial score (nSPS) is 13.5. The quantitative estimate of drug-likeness (QED) is 0.0538. The van der Waals surface area contributed by atoms with Crippen molar-refractivity contribution in [3.63, 3.8) is 0 Å². The van der Waals surface area contributed by atoms with Gasteiger partial charge in [-0.15, -0.1) is 0 Å². The Morgan fingerprint density at radius 2 is 1.06 bits per heavy atom. The predicted molar refractivity (Wildman–Crippen MR) is 209 cm³/mol. The van der Waals surface area contributed by atoms with Crippen molar-refractivity contribution in [2.24, 2.45) is 0 Å². The van der Waals surface area contributed by atoms with Gasteiger partial charge in [-0.1, -0.05) is 88.6 Å². The SMILES string of the molecule is CC=CCCc1ccc(CCCC)cc1C1=C(C)C(CCCC)=C(c2cc(CCCC)ccc2CCC=CC)[N+]1=[N-].CC[CH2][Ni][CH2]CC. The van der Waals surface area contributed by atoms with Crippen molar-refractivity contribution < 1.29 is 19.1 Å². The molecule has 2 aromatic carbocycles. The van der Waals surface area contributed by atoms with Crippen LogP contribution >= 0.6 is 0 Å². The van der Waals surface area contributed by atoms with Crippen LogP contribution in [0.1, 0.15) is 159 Å². The molecule has 0 bridgehead atoms. The van der Waals surface area contributed by atoms with E-state index in [1.165, 1.54) is 93.8 Å². The topological polar surface area (TPSA) is 25.3 Å². The van der Waals surface area contributed by atoms with Crippen LogP contribution in [0.15, 0.2) is 71.8 Å². The summed E-state index contributed by atoms with van der Waals surface area (Å²) in [4.78, 5) is 0. The van der Waals surface area contributed by atoms with Crippen molar-refractivity contribution >= 4 is 11.4 Å². The summed E-state index contributed by atoms with van der Waals surface area (Å²) in [6.45, 7) is 17.7. The van der Waals surface area contributed by atoms with Crippen LogP contribution in [0.5, 0.6) is 0 Å². The molecule has 1 heterocycles. The summed E-state index contributed by atoms with van der Waals surface area (Å²) in [5, 5.41) is 2.72. The van der Waals surface area contributed by atoms with Gasteiger partial charge in [-0.25, -0.2) is 4.70 Å². The van der Waals surface area contributed by atoms with Crippen LogP contribution in [-0.2, 0) is 40.1 Å². The molecule has 0 aromatic heterocycles. The second-order valence-corrected chi connectivity index (χ2v) is 14.6. The molecule has 3 rings (SSSR count). The maximum absolute atomic E-state index is 12.2. The number of unbranched alkanes of at least 4 members (excludes halogenated alkanes) is 3. The van der Waals surface area contributed by atoms with E-state index in [-0.39, 0.29) is 0 Å². The fourth-order valence-corrected chi connectivity index (χ4v) is 7.23. The molecule has 1 aliphatic heterocycles. The number of hydrogen-bond donors (Lipinski definition) is 0. The fourth-order valence-electron chi connectivity index (χ4n) is 6.28. The van der Waals surface area contributed by atoms with Crippen molar-refractivity contribution in [1.82, 2.24) is 0 Å². The van der Waals surface area contributed by atoms with Crippen molar-refractivity contribution in [2.75, 3.05) is 0 Å². The van der Waals surface area contributed by atoms with E-state index < -0.39 is 0 Å². The van der Waals surface area contributed by atoms with E-state index in [9.17, 15) is 5.53 Å². The van der Waals surface area contributed by atoms with E-state index in [0.717, 1.165) is 69.2 Å². The first-order valence-electron chi connectivity index (χ1n) is 19.3. The van der Waals surface area contributed by atoms with Crippen LogP contribution in [0.4, 0.5) is 0 Å². The third-order valence-electron chi connectivity index (χ3n) is 8.97. The minimum absolute atomic E-state index is 0.971. The Hall–Kier alpha value is -2.51. The van der Waals surface area contributed by atoms with Gasteiger partial charge < -0.3 is 5.53 Å². The second-order valence-electron chi connectivity index (χ2n) is 13.1. The Morgan fingerprint density at radius 1 is 0.604 bits per heavy atom. The van der Waals surface area contributed by atoms with E-state index >= 15 is 0 Å². The Bertz CT molecular complexity index is 1370. The third-order valence-corrected chi connectivity index (χ3v) is 10.7. The molecule has 0 atom stereocenters. The average molecular weight is 696 g/mol. The zero-order valence-electron chi connectivity index (χ0n) is 32.0. The number of aryl methyl sites for hydroxylation is 4. The van der Waals surface area contributed by atoms with Gasteiger partial charge in [0.25, 0.3) is 0 Å². The Morgan fingerprint density at radius 3 is 1.50 bits per heavy atom. The summed E-state index contributed by atoms with van der Waals surface area (Å²) in [6, 6.07) is 14.0. The molecule has 1 aliphatic rings. The van der Waals surface area contributed by atoms with Crippen LogP contribution in [0.3, 0.4) is 0 Å². The van der Waals surface area contributed by atoms with Gasteiger partial charge in [0.15, 0.2) is 0 Å². The molecule has 0 spiro atoms. The zero-order chi connectivity index (χ0) is 35.1. The van der Waals surface area contributed by atoms with Crippen LogP contribution in [0.25, 0.3) is 16.9 Å². The van der Waals surface area contributed by atoms with Crippen LogP contribution < -0.4 is 0 Å². The average Bonchev–Trinajstić information content (AvgIpc) is 3.34. The second kappa shape index (κ2) is 24.6. The molecule has 0 amide bonds. The standard InChI is InChI=1S/C39H54N2.2C3H7.Ni/c1-7-12-17-21-33-26-24-31(19-14-9-3)28-36(33)38-30(6)35(23-16-11-5)39(41(38)40)37-29-32(20-15-10-4)25-27-34(37)22-18-13-8-2;2*1-3-2;/h7-8,12-13,24-29H,9-11,14-23H2,1-6H3;2*1,3H2,2H3;. The van der Waals surface area contributed by atoms with Crippen molar-refractivity contribution in [2.45, 2.75) is 162 Å². The van der Waals surface area contributed by atoms with Gasteiger partial charge in [0.2, 0.25) is 11.4 Å². The van der Waals surface area contributed by atoms with E-state index in [1.807, 2.05) is 14.4 Å². The molecule has 0 saturated carbocycles. The molecule has 48 heavy (non-hydrogen) atoms. The van der Waals surface area contributed by atoms with E-state index in [2.05, 4.69) is 116 Å². The van der Waals surface area contributed by atoms with E-state index in [4.69, 9.17) is 0 Å². The van der Waals surface area contributed by atoms with Gasteiger partial charge in [0, 0.05) is 22.3 Å². The minimum atomic E-state index is 0.971. The third kappa shape index (κ3) is 13.1. The van der Waals surface area contributed by atoms with E-state index in [1.54, 1.807) is 4.70 Å². The molecule has 0 saturated heterocycles. The number of allylic oxidation sites excluding steroid dienone is 6. The molecular weight excluding hydrogens is 627 g/mol. The molecule has 0 N–H and O–H groups in total. The van der Waals surface area contributed by atoms with Crippen LogP contribution in [-0.4, -0.2) is 4.70 Å². The van der Waals surface area contributed by atoms with Crippen molar-refractivity contribution in [3.8, 4) is 0 Å². The summed E-state index contributed by atoms with van der Waals surface area (Å²) in [7, 11) is 0. The summed E-state index contributed by atoms with van der Waals surface area (Å²) >= 11 is 1.90. The molecule has 2 aromatic rings. The Labute approximate surface area is 302 Å². The van der Waals surface area contributed by atoms with Crippen LogP contribution in [0, 0.1) is 0 Å². The monoisotopic (exact) mass is 694 g/mol. The number of rotatable bonds is 21. The molecule has 268 valence electrons. The number of nitrogens with zero attached hydrogens (tertiary/aromatic N) is 2. The molecule has 0 fully saturated rings. The summed E-state index contributed by atoms with van der Waals surface area (Å²) in [5.41, 5.74) is 24.5. The van der Waals surface area contributed by atoms with Gasteiger partial charge in [-0.2, -0.15) is 0 Å².